The first kappa shape index (κ1) is 29.0. The van der Waals surface area contributed by atoms with E-state index in [-0.39, 0.29) is 0 Å². The summed E-state index contributed by atoms with van der Waals surface area (Å²) in [6.07, 6.45) is 10.5. The van der Waals surface area contributed by atoms with E-state index in [1.165, 1.54) is 45.4 Å². The smallest absolute Gasteiger partial charge is 0.149 e. The van der Waals surface area contributed by atoms with Gasteiger partial charge >= 0.3 is 0 Å². The molecule has 1 aromatic carbocycles. The number of nitrogens with zero attached hydrogens (tertiary/aromatic N) is 2. The Labute approximate surface area is 205 Å². The van der Waals surface area contributed by atoms with Crippen molar-refractivity contribution in [1.82, 2.24) is 15.1 Å². The molecule has 2 heterocycles. The first-order chi connectivity index (χ1) is 15.9. The summed E-state index contributed by atoms with van der Waals surface area (Å²) in [4.78, 5) is 24.5. The first-order valence-corrected chi connectivity index (χ1v) is 12.0. The maximum atomic E-state index is 9.99. The molecule has 5 nitrogen and oxygen atoms in total. The molecule has 0 spiro atoms. The monoisotopic (exact) mass is 473 g/mol. The van der Waals surface area contributed by atoms with E-state index in [1.807, 2.05) is 6.92 Å². The van der Waals surface area contributed by atoms with Crippen molar-refractivity contribution in [3.63, 3.8) is 0 Å². The van der Waals surface area contributed by atoms with Crippen LogP contribution in [0.15, 0.2) is 65.7 Å². The minimum Gasteiger partial charge on any atom is -0.313 e. The molecule has 2 saturated heterocycles. The van der Waals surface area contributed by atoms with Gasteiger partial charge in [-0.05, 0) is 77.5 Å². The largest absolute Gasteiger partial charge is 0.313 e. The van der Waals surface area contributed by atoms with E-state index in [0.717, 1.165) is 18.2 Å². The number of likely N-dealkylation sites (tertiary alicyclic amines) is 2. The van der Waals surface area contributed by atoms with Crippen LogP contribution >= 0.6 is 11.6 Å². The van der Waals surface area contributed by atoms with Gasteiger partial charge in [-0.3, -0.25) is 9.69 Å². The number of aldehydes is 2. The second-order valence-corrected chi connectivity index (χ2v) is 8.79. The third-order valence-corrected chi connectivity index (χ3v) is 6.20. The van der Waals surface area contributed by atoms with Gasteiger partial charge < -0.3 is 15.0 Å². The van der Waals surface area contributed by atoms with Crippen LogP contribution in [0.1, 0.15) is 37.7 Å². The molecule has 0 bridgehead atoms. The van der Waals surface area contributed by atoms with Crippen molar-refractivity contribution in [3.8, 4) is 0 Å². The summed E-state index contributed by atoms with van der Waals surface area (Å²) in [6.45, 7) is 10.8. The number of rotatable bonds is 7. The third kappa shape index (κ3) is 12.1. The molecule has 1 aromatic rings. The fourth-order valence-corrected chi connectivity index (χ4v) is 4.00. The molecule has 0 amide bonds. The van der Waals surface area contributed by atoms with Crippen molar-refractivity contribution >= 4 is 24.2 Å². The molecule has 2 aliphatic rings. The lowest BCUT2D eigenvalue weighted by atomic mass is 9.89. The van der Waals surface area contributed by atoms with Crippen LogP contribution in [0.2, 0.25) is 0 Å². The second kappa shape index (κ2) is 17.4. The summed E-state index contributed by atoms with van der Waals surface area (Å²) in [5.74, 6) is 0.793. The zero-order chi connectivity index (χ0) is 24.5. The topological polar surface area (TPSA) is 52.7 Å². The summed E-state index contributed by atoms with van der Waals surface area (Å²) in [5.41, 5.74) is 1.96. The van der Waals surface area contributed by atoms with Crippen molar-refractivity contribution in [1.29, 1.82) is 0 Å². The van der Waals surface area contributed by atoms with Crippen LogP contribution < -0.4 is 5.32 Å². The second-order valence-electron chi connectivity index (χ2n) is 8.35. The van der Waals surface area contributed by atoms with E-state index in [2.05, 4.69) is 59.1 Å². The van der Waals surface area contributed by atoms with Gasteiger partial charge in [0.25, 0.3) is 0 Å². The van der Waals surface area contributed by atoms with Gasteiger partial charge in [0.1, 0.15) is 12.6 Å². The van der Waals surface area contributed by atoms with Crippen LogP contribution in [0.25, 0.3) is 0 Å². The Kier molecular flexibility index (Phi) is 15.3. The van der Waals surface area contributed by atoms with Crippen LogP contribution in [0.5, 0.6) is 0 Å². The van der Waals surface area contributed by atoms with Crippen LogP contribution in [-0.4, -0.2) is 75.2 Å². The Bertz CT molecular complexity index is 752. The quantitative estimate of drug-likeness (QED) is 0.361. The molecule has 0 aliphatic carbocycles. The number of piperidine rings is 1. The van der Waals surface area contributed by atoms with Crippen molar-refractivity contribution < 1.29 is 9.59 Å². The Morgan fingerprint density at radius 1 is 1.12 bits per heavy atom. The van der Waals surface area contributed by atoms with Gasteiger partial charge in [-0.1, -0.05) is 60.7 Å². The van der Waals surface area contributed by atoms with Gasteiger partial charge in [-0.25, -0.2) is 0 Å². The Hall–Kier alpha value is -2.05. The number of halogens is 1. The molecule has 2 fully saturated rings. The van der Waals surface area contributed by atoms with Gasteiger partial charge in [0.15, 0.2) is 0 Å². The Morgan fingerprint density at radius 2 is 1.79 bits per heavy atom. The number of allylic oxidation sites excluding steroid dienone is 5. The SMILES string of the molecule is C=C(C=O)/C=C\C(Cl)=C/C.CN1CCC(N2CCC(c3ccccc3)CC2)C1.CNCC=O. The van der Waals surface area contributed by atoms with Crippen molar-refractivity contribution in [3.05, 3.63) is 71.3 Å². The average molecular weight is 474 g/mol. The van der Waals surface area contributed by atoms with Crippen molar-refractivity contribution in [2.75, 3.05) is 46.8 Å². The lowest BCUT2D eigenvalue weighted by molar-refractivity contribution is -0.107. The highest BCUT2D eigenvalue weighted by Gasteiger charge is 2.29. The lowest BCUT2D eigenvalue weighted by Gasteiger charge is -2.36. The van der Waals surface area contributed by atoms with Crippen LogP contribution in [0.3, 0.4) is 0 Å². The predicted molar refractivity (Wildman–Crippen MR) is 140 cm³/mol. The van der Waals surface area contributed by atoms with E-state index in [9.17, 15) is 9.59 Å². The molecule has 1 N–H and O–H groups in total. The molecule has 2 aliphatic heterocycles. The van der Waals surface area contributed by atoms with Crippen molar-refractivity contribution in [2.24, 2.45) is 0 Å². The minimum absolute atomic E-state index is 0.417. The fraction of sp³-hybridized carbons (Fsp3) is 0.481. The summed E-state index contributed by atoms with van der Waals surface area (Å²) >= 11 is 5.58. The molecule has 182 valence electrons. The van der Waals surface area contributed by atoms with Gasteiger partial charge in [-0.15, -0.1) is 0 Å². The van der Waals surface area contributed by atoms with E-state index in [4.69, 9.17) is 11.6 Å². The summed E-state index contributed by atoms with van der Waals surface area (Å²) in [7, 11) is 3.98. The van der Waals surface area contributed by atoms with Gasteiger partial charge in [-0.2, -0.15) is 0 Å². The number of hydrogen-bond acceptors (Lipinski definition) is 5. The molecule has 0 radical (unpaired) electrons. The van der Waals surface area contributed by atoms with E-state index in [0.29, 0.717) is 23.4 Å². The van der Waals surface area contributed by atoms with Crippen molar-refractivity contribution in [2.45, 2.75) is 38.1 Å². The number of nitrogens with one attached hydrogen (secondary N) is 1. The van der Waals surface area contributed by atoms with Crippen LogP contribution in [0, 0.1) is 0 Å². The third-order valence-electron chi connectivity index (χ3n) is 5.85. The van der Waals surface area contributed by atoms with Gasteiger partial charge in [0.05, 0.1) is 6.54 Å². The summed E-state index contributed by atoms with van der Waals surface area (Å²) in [5, 5.41) is 3.25. The molecule has 6 heteroatoms. The number of hydrogen-bond donors (Lipinski definition) is 1. The maximum absolute atomic E-state index is 9.99. The average Bonchev–Trinajstić information content (AvgIpc) is 3.30. The van der Waals surface area contributed by atoms with Gasteiger partial charge in [0, 0.05) is 23.2 Å². The molecule has 0 saturated carbocycles. The zero-order valence-corrected chi connectivity index (χ0v) is 21.1. The maximum Gasteiger partial charge on any atom is 0.149 e. The normalized spacial score (nSPS) is 19.9. The number of carbonyl (C=O) groups is 2. The molecular weight excluding hydrogens is 434 g/mol. The van der Waals surface area contributed by atoms with E-state index >= 15 is 0 Å². The Morgan fingerprint density at radius 3 is 2.24 bits per heavy atom. The molecular formula is C27H40ClN3O2. The highest BCUT2D eigenvalue weighted by molar-refractivity contribution is 6.31. The zero-order valence-electron chi connectivity index (χ0n) is 20.4. The Balaban J connectivity index is 0.000000308. The summed E-state index contributed by atoms with van der Waals surface area (Å²) < 4.78 is 0. The standard InChI is InChI=1S/C16H24N2.C8H9ClO.C3H7NO/c1-17-10-9-16(13-17)18-11-7-15(8-12-18)14-5-3-2-4-6-14;1-3-8(9)5-4-7(2)6-10;1-4-2-3-5/h2-6,15-16H,7-13H2,1H3;3-6H,2H2,1H3;3-4H,2H2,1H3/b;5-4-,8-3+;. The molecule has 33 heavy (non-hydrogen) atoms. The minimum atomic E-state index is 0.417. The van der Waals surface area contributed by atoms with E-state index in [1.54, 1.807) is 30.8 Å². The van der Waals surface area contributed by atoms with Crippen LogP contribution in [0.4, 0.5) is 0 Å². The lowest BCUT2D eigenvalue weighted by Crippen LogP contribution is -2.42. The molecule has 0 aromatic heterocycles. The highest BCUT2D eigenvalue weighted by atomic mass is 35.5. The van der Waals surface area contributed by atoms with E-state index < -0.39 is 0 Å². The first-order valence-electron chi connectivity index (χ1n) is 11.6. The fourth-order valence-electron chi connectivity index (χ4n) is 3.94. The number of benzene rings is 1. The van der Waals surface area contributed by atoms with Gasteiger partial charge in [0.2, 0.25) is 0 Å². The number of carbonyl (C=O) groups excluding carboxylic acids is 2. The molecule has 3 rings (SSSR count). The van der Waals surface area contributed by atoms with Crippen LogP contribution in [-0.2, 0) is 9.59 Å². The highest BCUT2D eigenvalue weighted by Crippen LogP contribution is 2.29. The molecule has 1 unspecified atom stereocenters. The number of likely N-dealkylation sites (N-methyl/N-ethyl adjacent to an activating group) is 2. The summed E-state index contributed by atoms with van der Waals surface area (Å²) in [6, 6.07) is 11.9. The predicted octanol–water partition coefficient (Wildman–Crippen LogP) is 4.42. The molecule has 1 atom stereocenters.